The topological polar surface area (TPSA) is 70.8 Å². The van der Waals surface area contributed by atoms with E-state index in [2.05, 4.69) is 15.3 Å². The van der Waals surface area contributed by atoms with E-state index in [4.69, 9.17) is 14.2 Å². The summed E-state index contributed by atoms with van der Waals surface area (Å²) in [5.41, 5.74) is 0.870. The van der Waals surface area contributed by atoms with Crippen LogP contribution < -0.4 is 14.2 Å². The van der Waals surface area contributed by atoms with Crippen molar-refractivity contribution in [3.63, 3.8) is 0 Å². The number of hydrogen-bond acceptors (Lipinski definition) is 7. The van der Waals surface area contributed by atoms with Crippen molar-refractivity contribution >= 4 is 16.3 Å². The lowest BCUT2D eigenvalue weighted by Gasteiger charge is -2.13. The SMILES string of the molecule is COc1cc(-c2nn3cnnc3s2)cc(OC)c1OC. The second kappa shape index (κ2) is 4.97. The Labute approximate surface area is 118 Å². The van der Waals surface area contributed by atoms with E-state index in [1.165, 1.54) is 11.3 Å². The van der Waals surface area contributed by atoms with Crippen LogP contribution >= 0.6 is 11.3 Å². The quantitative estimate of drug-likeness (QED) is 0.731. The number of methoxy groups -OCH3 is 3. The van der Waals surface area contributed by atoms with Gasteiger partial charge in [0.25, 0.3) is 0 Å². The molecule has 0 radical (unpaired) electrons. The number of benzene rings is 1. The average Bonchev–Trinajstić information content (AvgIpc) is 3.06. The van der Waals surface area contributed by atoms with E-state index in [-0.39, 0.29) is 0 Å². The molecule has 0 aliphatic heterocycles. The molecule has 0 saturated carbocycles. The first kappa shape index (κ1) is 12.7. The largest absolute Gasteiger partial charge is 0.493 e. The molecule has 20 heavy (non-hydrogen) atoms. The molecule has 7 nitrogen and oxygen atoms in total. The van der Waals surface area contributed by atoms with Gasteiger partial charge in [0.05, 0.1) is 21.3 Å². The van der Waals surface area contributed by atoms with Gasteiger partial charge in [-0.3, -0.25) is 0 Å². The number of fused-ring (bicyclic) bond motifs is 1. The van der Waals surface area contributed by atoms with E-state index < -0.39 is 0 Å². The normalized spacial score (nSPS) is 10.8. The summed E-state index contributed by atoms with van der Waals surface area (Å²) >= 11 is 1.44. The fraction of sp³-hybridized carbons (Fsp3) is 0.250. The zero-order chi connectivity index (χ0) is 14.1. The molecule has 2 aromatic heterocycles. The third kappa shape index (κ3) is 1.94. The van der Waals surface area contributed by atoms with Crippen molar-refractivity contribution in [1.82, 2.24) is 19.8 Å². The first-order chi connectivity index (χ1) is 9.76. The maximum atomic E-state index is 5.33. The van der Waals surface area contributed by atoms with Crippen molar-refractivity contribution in [2.45, 2.75) is 0 Å². The van der Waals surface area contributed by atoms with E-state index in [1.807, 2.05) is 12.1 Å². The summed E-state index contributed by atoms with van der Waals surface area (Å²) in [5, 5.41) is 13.0. The molecule has 0 aliphatic rings. The molecule has 0 spiro atoms. The number of aromatic nitrogens is 4. The van der Waals surface area contributed by atoms with Crippen LogP contribution in [0.1, 0.15) is 0 Å². The highest BCUT2D eigenvalue weighted by atomic mass is 32.1. The summed E-state index contributed by atoms with van der Waals surface area (Å²) < 4.78 is 17.6. The van der Waals surface area contributed by atoms with Crippen molar-refractivity contribution in [3.05, 3.63) is 18.5 Å². The Hall–Kier alpha value is -2.35. The molecule has 104 valence electrons. The monoisotopic (exact) mass is 292 g/mol. The number of rotatable bonds is 4. The van der Waals surface area contributed by atoms with E-state index in [0.29, 0.717) is 17.2 Å². The van der Waals surface area contributed by atoms with Gasteiger partial charge in [0.1, 0.15) is 11.3 Å². The molecule has 8 heteroatoms. The molecule has 0 fully saturated rings. The second-order valence-corrected chi connectivity index (χ2v) is 4.84. The van der Waals surface area contributed by atoms with Crippen LogP contribution in [-0.2, 0) is 0 Å². The third-order valence-electron chi connectivity index (χ3n) is 2.80. The predicted octanol–water partition coefficient (Wildman–Crippen LogP) is 1.88. The van der Waals surface area contributed by atoms with Gasteiger partial charge in [0.15, 0.2) is 11.5 Å². The van der Waals surface area contributed by atoms with Crippen LogP contribution in [0.5, 0.6) is 17.2 Å². The van der Waals surface area contributed by atoms with Crippen molar-refractivity contribution < 1.29 is 14.2 Å². The van der Waals surface area contributed by atoms with Crippen LogP contribution in [0.3, 0.4) is 0 Å². The Morgan fingerprint density at radius 2 is 1.75 bits per heavy atom. The Morgan fingerprint density at radius 3 is 2.30 bits per heavy atom. The summed E-state index contributed by atoms with van der Waals surface area (Å²) in [6.45, 7) is 0. The molecule has 2 heterocycles. The molecule has 0 N–H and O–H groups in total. The van der Waals surface area contributed by atoms with Gasteiger partial charge in [-0.05, 0) is 12.1 Å². The van der Waals surface area contributed by atoms with Crippen molar-refractivity contribution in [2.75, 3.05) is 21.3 Å². The summed E-state index contributed by atoms with van der Waals surface area (Å²) in [6.07, 6.45) is 1.56. The molecular formula is C12H12N4O3S. The summed E-state index contributed by atoms with van der Waals surface area (Å²) in [6, 6.07) is 3.71. The Kier molecular flexibility index (Phi) is 3.15. The van der Waals surface area contributed by atoms with Gasteiger partial charge in [-0.1, -0.05) is 11.3 Å². The van der Waals surface area contributed by atoms with Crippen LogP contribution in [0.4, 0.5) is 0 Å². The van der Waals surface area contributed by atoms with Crippen molar-refractivity contribution in [1.29, 1.82) is 0 Å². The van der Waals surface area contributed by atoms with Gasteiger partial charge < -0.3 is 14.2 Å². The second-order valence-electron chi connectivity index (χ2n) is 3.88. The molecule has 0 aliphatic carbocycles. The van der Waals surface area contributed by atoms with Crippen LogP contribution in [0.25, 0.3) is 15.5 Å². The predicted molar refractivity (Wildman–Crippen MR) is 73.8 cm³/mol. The minimum atomic E-state index is 0.557. The van der Waals surface area contributed by atoms with Crippen LogP contribution in [0.2, 0.25) is 0 Å². The highest BCUT2D eigenvalue weighted by molar-refractivity contribution is 7.19. The number of hydrogen-bond donors (Lipinski definition) is 0. The van der Waals surface area contributed by atoms with E-state index in [1.54, 1.807) is 32.2 Å². The van der Waals surface area contributed by atoms with Gasteiger partial charge in [0.2, 0.25) is 10.7 Å². The Morgan fingerprint density at radius 1 is 1.05 bits per heavy atom. The van der Waals surface area contributed by atoms with Gasteiger partial charge in [-0.25, -0.2) is 0 Å². The third-order valence-corrected chi connectivity index (χ3v) is 3.76. The lowest BCUT2D eigenvalue weighted by Crippen LogP contribution is -1.95. The van der Waals surface area contributed by atoms with Gasteiger partial charge >= 0.3 is 0 Å². The van der Waals surface area contributed by atoms with Gasteiger partial charge in [-0.2, -0.15) is 9.61 Å². The molecule has 0 atom stereocenters. The van der Waals surface area contributed by atoms with Crippen LogP contribution in [0, 0.1) is 0 Å². The highest BCUT2D eigenvalue weighted by Crippen LogP contribution is 2.41. The lowest BCUT2D eigenvalue weighted by molar-refractivity contribution is 0.324. The average molecular weight is 292 g/mol. The molecule has 0 saturated heterocycles. The van der Waals surface area contributed by atoms with Crippen molar-refractivity contribution in [3.8, 4) is 27.8 Å². The molecule has 1 aromatic carbocycles. The molecule has 3 aromatic rings. The van der Waals surface area contributed by atoms with Crippen LogP contribution in [-0.4, -0.2) is 41.1 Å². The fourth-order valence-corrected chi connectivity index (χ4v) is 2.69. The summed E-state index contributed by atoms with van der Waals surface area (Å²) in [7, 11) is 4.74. The minimum Gasteiger partial charge on any atom is -0.493 e. The first-order valence-electron chi connectivity index (χ1n) is 5.74. The number of nitrogens with zero attached hydrogens (tertiary/aromatic N) is 4. The van der Waals surface area contributed by atoms with Gasteiger partial charge in [-0.15, -0.1) is 10.2 Å². The molecule has 0 bridgehead atoms. The summed E-state index contributed by atoms with van der Waals surface area (Å²) in [4.78, 5) is 0.730. The lowest BCUT2D eigenvalue weighted by atomic mass is 10.2. The Bertz CT molecular complexity index is 699. The molecule has 0 amide bonds. The molecular weight excluding hydrogens is 280 g/mol. The van der Waals surface area contributed by atoms with Crippen LogP contribution in [0.15, 0.2) is 18.5 Å². The molecule has 0 unspecified atom stereocenters. The van der Waals surface area contributed by atoms with E-state index >= 15 is 0 Å². The zero-order valence-corrected chi connectivity index (χ0v) is 12.0. The fourth-order valence-electron chi connectivity index (χ4n) is 1.88. The van der Waals surface area contributed by atoms with Gasteiger partial charge in [0, 0.05) is 5.56 Å². The highest BCUT2D eigenvalue weighted by Gasteiger charge is 2.16. The minimum absolute atomic E-state index is 0.557. The Balaban J connectivity index is 2.15. The zero-order valence-electron chi connectivity index (χ0n) is 11.2. The standard InChI is InChI=1S/C12H12N4O3S/c1-17-8-4-7(5-9(18-2)10(8)19-3)11-15-16-6-13-14-12(16)20-11/h4-6H,1-3H3. The smallest absolute Gasteiger partial charge is 0.234 e. The maximum absolute atomic E-state index is 5.33. The first-order valence-corrected chi connectivity index (χ1v) is 6.55. The summed E-state index contributed by atoms with van der Waals surface area (Å²) in [5.74, 6) is 1.74. The van der Waals surface area contributed by atoms with E-state index in [9.17, 15) is 0 Å². The van der Waals surface area contributed by atoms with E-state index in [0.717, 1.165) is 15.5 Å². The molecule has 3 rings (SSSR count). The van der Waals surface area contributed by atoms with Crippen molar-refractivity contribution in [2.24, 2.45) is 0 Å². The maximum Gasteiger partial charge on any atom is 0.234 e. The number of ether oxygens (including phenoxy) is 3.